The number of oxazole rings is 1. The summed E-state index contributed by atoms with van der Waals surface area (Å²) >= 11 is 11.2. The summed E-state index contributed by atoms with van der Waals surface area (Å²) in [5, 5.41) is 6.45. The van der Waals surface area contributed by atoms with Crippen LogP contribution in [0.5, 0.6) is 5.75 Å². The molecule has 4 rings (SSSR count). The average Bonchev–Trinajstić information content (AvgIpc) is 3.15. The number of ether oxygens (including phenoxy) is 1. The summed E-state index contributed by atoms with van der Waals surface area (Å²) in [6, 6.07) is 18.8. The lowest BCUT2D eigenvalue weighted by molar-refractivity contribution is -0.121. The molecule has 0 saturated heterocycles. The van der Waals surface area contributed by atoms with Crippen molar-refractivity contribution in [2.75, 3.05) is 11.9 Å². The van der Waals surface area contributed by atoms with Gasteiger partial charge in [-0.2, -0.15) is 0 Å². The smallest absolute Gasteiger partial charge is 0.264 e. The number of thiocarbonyl (C=S) groups is 1. The van der Waals surface area contributed by atoms with Crippen molar-refractivity contribution in [3.05, 3.63) is 88.3 Å². The van der Waals surface area contributed by atoms with E-state index in [2.05, 4.69) is 15.6 Å². The fourth-order valence-electron chi connectivity index (χ4n) is 3.33. The highest BCUT2D eigenvalue weighted by Crippen LogP contribution is 2.22. The van der Waals surface area contributed by atoms with Crippen molar-refractivity contribution in [1.29, 1.82) is 0 Å². The van der Waals surface area contributed by atoms with E-state index >= 15 is 0 Å². The number of carbonyl (C=O) groups excluding carboxylic acids is 1. The molecule has 8 heteroatoms. The predicted octanol–water partition coefficient (Wildman–Crippen LogP) is 5.58. The van der Waals surface area contributed by atoms with E-state index < -0.39 is 0 Å². The zero-order chi connectivity index (χ0) is 23.4. The maximum atomic E-state index is 12.2. The molecule has 0 aliphatic rings. The van der Waals surface area contributed by atoms with E-state index in [9.17, 15) is 4.79 Å². The van der Waals surface area contributed by atoms with Gasteiger partial charge in [0.25, 0.3) is 5.91 Å². The van der Waals surface area contributed by atoms with Crippen molar-refractivity contribution in [2.45, 2.75) is 20.3 Å². The Labute approximate surface area is 201 Å². The number of aromatic nitrogens is 1. The second kappa shape index (κ2) is 10.0. The molecule has 1 aromatic heterocycles. The molecule has 1 heterocycles. The summed E-state index contributed by atoms with van der Waals surface area (Å²) in [6.45, 7) is 3.82. The lowest BCUT2D eigenvalue weighted by atomic mass is 10.1. The van der Waals surface area contributed by atoms with Crippen molar-refractivity contribution in [1.82, 2.24) is 10.3 Å². The Morgan fingerprint density at radius 1 is 1.09 bits per heavy atom. The number of benzene rings is 3. The molecular weight excluding hydrogens is 458 g/mol. The first-order chi connectivity index (χ1) is 15.9. The number of carbonyl (C=O) groups is 1. The highest BCUT2D eigenvalue weighted by Gasteiger charge is 2.09. The number of rotatable bonds is 6. The van der Waals surface area contributed by atoms with E-state index in [0.29, 0.717) is 28.7 Å². The first-order valence-electron chi connectivity index (χ1n) is 10.3. The number of halogens is 1. The maximum absolute atomic E-state index is 12.2. The van der Waals surface area contributed by atoms with Crippen LogP contribution in [0.15, 0.2) is 65.1 Å². The van der Waals surface area contributed by atoms with Crippen LogP contribution in [0.1, 0.15) is 22.6 Å². The summed E-state index contributed by atoms with van der Waals surface area (Å²) in [6.07, 6.45) is 0.545. The molecule has 0 aliphatic heterocycles. The monoisotopic (exact) mass is 479 g/mol. The highest BCUT2D eigenvalue weighted by atomic mass is 35.5. The van der Waals surface area contributed by atoms with Gasteiger partial charge in [-0.15, -0.1) is 0 Å². The molecule has 6 nitrogen and oxygen atoms in total. The van der Waals surface area contributed by atoms with Crippen molar-refractivity contribution >= 4 is 51.6 Å². The minimum absolute atomic E-state index is 0.125. The Kier molecular flexibility index (Phi) is 6.91. The number of aryl methyl sites for hydroxylation is 2. The Morgan fingerprint density at radius 2 is 1.88 bits per heavy atom. The van der Waals surface area contributed by atoms with Gasteiger partial charge in [0.1, 0.15) is 11.3 Å². The molecule has 4 aromatic rings. The Hall–Kier alpha value is -3.42. The molecule has 0 aliphatic carbocycles. The van der Waals surface area contributed by atoms with Crippen LogP contribution in [0.4, 0.5) is 5.69 Å². The lowest BCUT2D eigenvalue weighted by Gasteiger charge is -2.12. The quantitative estimate of drug-likeness (QED) is 0.351. The minimum atomic E-state index is -0.333. The van der Waals surface area contributed by atoms with Crippen LogP contribution in [-0.4, -0.2) is 22.6 Å². The predicted molar refractivity (Wildman–Crippen MR) is 134 cm³/mol. The third-order valence-electron chi connectivity index (χ3n) is 4.90. The van der Waals surface area contributed by atoms with Crippen LogP contribution in [0, 0.1) is 13.8 Å². The van der Waals surface area contributed by atoms with Gasteiger partial charge in [-0.05, 0) is 73.6 Å². The largest absolute Gasteiger partial charge is 0.483 e. The lowest BCUT2D eigenvalue weighted by Crippen LogP contribution is -2.37. The van der Waals surface area contributed by atoms with Crippen molar-refractivity contribution in [2.24, 2.45) is 0 Å². The molecule has 0 spiro atoms. The second-order valence-corrected chi connectivity index (χ2v) is 8.50. The van der Waals surface area contributed by atoms with Gasteiger partial charge in [0.05, 0.1) is 0 Å². The number of nitrogens with one attached hydrogen (secondary N) is 2. The molecule has 168 valence electrons. The third-order valence-corrected chi connectivity index (χ3v) is 5.34. The molecule has 0 saturated carbocycles. The SMILES string of the molecule is Cc1ccc(OCC(=O)NC(=S)Nc2ccc(Cc3nc4cc(Cl)ccc4o3)cc2)c(C)c1. The molecule has 0 atom stereocenters. The normalized spacial score (nSPS) is 10.8. The van der Waals surface area contributed by atoms with Crippen molar-refractivity contribution < 1.29 is 13.9 Å². The summed E-state index contributed by atoms with van der Waals surface area (Å²) < 4.78 is 11.4. The standard InChI is InChI=1S/C25H22ClN3O3S/c1-15-3-9-21(16(2)11-15)31-14-23(30)29-25(33)27-19-7-4-17(5-8-19)12-24-28-20-13-18(26)6-10-22(20)32-24/h3-11,13H,12,14H2,1-2H3,(H2,27,29,30,33). The molecule has 0 fully saturated rings. The van der Waals surface area contributed by atoms with Crippen LogP contribution < -0.4 is 15.4 Å². The summed E-state index contributed by atoms with van der Waals surface area (Å²) in [7, 11) is 0. The van der Waals surface area contributed by atoms with Gasteiger partial charge in [-0.1, -0.05) is 41.4 Å². The molecule has 1 amide bonds. The zero-order valence-corrected chi connectivity index (χ0v) is 19.7. The Balaban J connectivity index is 1.27. The van der Waals surface area contributed by atoms with Gasteiger partial charge in [0.15, 0.2) is 23.2 Å². The van der Waals surface area contributed by atoms with Gasteiger partial charge in [-0.3, -0.25) is 10.1 Å². The van der Waals surface area contributed by atoms with E-state index in [0.717, 1.165) is 27.9 Å². The van der Waals surface area contributed by atoms with Gasteiger partial charge in [-0.25, -0.2) is 4.98 Å². The van der Waals surface area contributed by atoms with Crippen LogP contribution in [0.2, 0.25) is 5.02 Å². The van der Waals surface area contributed by atoms with Crippen molar-refractivity contribution in [3.63, 3.8) is 0 Å². The maximum Gasteiger partial charge on any atom is 0.264 e. The van der Waals surface area contributed by atoms with Crippen LogP contribution in [-0.2, 0) is 11.2 Å². The van der Waals surface area contributed by atoms with Crippen LogP contribution >= 0.6 is 23.8 Å². The van der Waals surface area contributed by atoms with Crippen LogP contribution in [0.25, 0.3) is 11.1 Å². The molecule has 33 heavy (non-hydrogen) atoms. The van der Waals surface area contributed by atoms with Crippen molar-refractivity contribution in [3.8, 4) is 5.75 Å². The van der Waals surface area contributed by atoms with E-state index in [1.54, 1.807) is 12.1 Å². The Morgan fingerprint density at radius 3 is 2.64 bits per heavy atom. The highest BCUT2D eigenvalue weighted by molar-refractivity contribution is 7.80. The third kappa shape index (κ3) is 6.09. The number of hydrogen-bond donors (Lipinski definition) is 2. The molecule has 0 radical (unpaired) electrons. The average molecular weight is 480 g/mol. The van der Waals surface area contributed by atoms with Gasteiger partial charge >= 0.3 is 0 Å². The number of anilines is 1. The van der Waals surface area contributed by atoms with Crippen LogP contribution in [0.3, 0.4) is 0 Å². The van der Waals surface area contributed by atoms with E-state index in [-0.39, 0.29) is 17.6 Å². The number of nitrogens with zero attached hydrogens (tertiary/aromatic N) is 1. The Bertz CT molecular complexity index is 1320. The molecule has 2 N–H and O–H groups in total. The number of amides is 1. The number of fused-ring (bicyclic) bond motifs is 1. The first kappa shape index (κ1) is 22.8. The molecule has 0 unspecified atom stereocenters. The summed E-state index contributed by atoms with van der Waals surface area (Å²) in [5.74, 6) is 0.951. The zero-order valence-electron chi connectivity index (χ0n) is 18.1. The fourth-order valence-corrected chi connectivity index (χ4v) is 3.73. The number of hydrogen-bond acceptors (Lipinski definition) is 5. The molecule has 3 aromatic carbocycles. The second-order valence-electron chi connectivity index (χ2n) is 7.65. The van der Waals surface area contributed by atoms with E-state index in [4.69, 9.17) is 33.0 Å². The summed E-state index contributed by atoms with van der Waals surface area (Å²) in [4.78, 5) is 16.6. The topological polar surface area (TPSA) is 76.4 Å². The molecular formula is C25H22ClN3O3S. The van der Waals surface area contributed by atoms with Gasteiger partial charge < -0.3 is 14.5 Å². The first-order valence-corrected chi connectivity index (χ1v) is 11.1. The minimum Gasteiger partial charge on any atom is -0.483 e. The summed E-state index contributed by atoms with van der Waals surface area (Å²) in [5.41, 5.74) is 5.33. The van der Waals surface area contributed by atoms with Gasteiger partial charge in [0, 0.05) is 17.1 Å². The fraction of sp³-hybridized carbons (Fsp3) is 0.160. The molecule has 0 bridgehead atoms. The van der Waals surface area contributed by atoms with Gasteiger partial charge in [0.2, 0.25) is 0 Å². The van der Waals surface area contributed by atoms with E-state index in [1.165, 1.54) is 0 Å². The van der Waals surface area contributed by atoms with E-state index in [1.807, 2.05) is 62.4 Å².